The van der Waals surface area contributed by atoms with Crippen LogP contribution in [0.3, 0.4) is 0 Å². The Morgan fingerprint density at radius 2 is 2.00 bits per heavy atom. The Hall–Kier alpha value is -3.33. The number of aromatic nitrogens is 3. The minimum absolute atomic E-state index is 0.0330. The van der Waals surface area contributed by atoms with Crippen molar-refractivity contribution in [2.75, 3.05) is 18.6 Å². The van der Waals surface area contributed by atoms with Crippen LogP contribution in [0, 0.1) is 17.0 Å². The van der Waals surface area contributed by atoms with Crippen LogP contribution in [0.1, 0.15) is 24.2 Å². The maximum atomic E-state index is 11.5. The Kier molecular flexibility index (Phi) is 4.74. The Balaban J connectivity index is 1.78. The number of anilines is 1. The summed E-state index contributed by atoms with van der Waals surface area (Å²) in [6, 6.07) is 12.1. The number of aryl methyl sites for hydroxylation is 1. The predicted octanol–water partition coefficient (Wildman–Crippen LogP) is 3.31. The van der Waals surface area contributed by atoms with Gasteiger partial charge in [0.05, 0.1) is 11.0 Å². The first-order chi connectivity index (χ1) is 13.6. The fraction of sp³-hybridized carbons (Fsp3) is 0.316. The van der Waals surface area contributed by atoms with Gasteiger partial charge in [0.1, 0.15) is 11.9 Å². The van der Waals surface area contributed by atoms with Gasteiger partial charge in [0.15, 0.2) is 11.5 Å². The van der Waals surface area contributed by atoms with Gasteiger partial charge in [0.2, 0.25) is 5.89 Å². The van der Waals surface area contributed by atoms with Crippen LogP contribution in [0.4, 0.5) is 11.5 Å². The summed E-state index contributed by atoms with van der Waals surface area (Å²) < 4.78 is 10.9. The van der Waals surface area contributed by atoms with Crippen LogP contribution in [-0.4, -0.2) is 39.8 Å². The highest BCUT2D eigenvalue weighted by Gasteiger charge is 2.38. The zero-order valence-electron chi connectivity index (χ0n) is 15.5. The monoisotopic (exact) mass is 381 g/mol. The van der Waals surface area contributed by atoms with Gasteiger partial charge in [-0.25, -0.2) is 4.98 Å². The molecular formula is C19H19N5O4. The Morgan fingerprint density at radius 3 is 2.64 bits per heavy atom. The van der Waals surface area contributed by atoms with E-state index in [4.69, 9.17) is 9.26 Å². The van der Waals surface area contributed by atoms with Gasteiger partial charge in [-0.05, 0) is 13.0 Å². The largest absolute Gasteiger partial charge is 0.380 e. The predicted molar refractivity (Wildman–Crippen MR) is 101 cm³/mol. The van der Waals surface area contributed by atoms with Crippen LogP contribution < -0.4 is 4.90 Å². The molecule has 0 saturated carbocycles. The maximum Gasteiger partial charge on any atom is 0.295 e. The lowest BCUT2D eigenvalue weighted by molar-refractivity contribution is -0.384. The van der Waals surface area contributed by atoms with Gasteiger partial charge in [-0.15, -0.1) is 0 Å². The molecule has 1 saturated heterocycles. The average molecular weight is 381 g/mol. The minimum Gasteiger partial charge on any atom is -0.380 e. The van der Waals surface area contributed by atoms with Gasteiger partial charge in [-0.2, -0.15) is 4.98 Å². The molecule has 3 aromatic rings. The minimum atomic E-state index is -0.417. The van der Waals surface area contributed by atoms with Crippen molar-refractivity contribution in [3.8, 4) is 11.3 Å². The molecule has 0 bridgehead atoms. The lowest BCUT2D eigenvalue weighted by Gasteiger charge is -2.23. The number of rotatable bonds is 5. The van der Waals surface area contributed by atoms with Gasteiger partial charge < -0.3 is 14.2 Å². The highest BCUT2D eigenvalue weighted by molar-refractivity contribution is 5.71. The number of nitro groups is 1. The molecule has 1 aromatic carbocycles. The van der Waals surface area contributed by atoms with Crippen molar-refractivity contribution in [1.29, 1.82) is 0 Å². The zero-order chi connectivity index (χ0) is 19.7. The lowest BCUT2D eigenvalue weighted by atomic mass is 10.1. The van der Waals surface area contributed by atoms with Crippen LogP contribution in [0.25, 0.3) is 11.3 Å². The fourth-order valence-corrected chi connectivity index (χ4v) is 3.46. The third-order valence-corrected chi connectivity index (χ3v) is 4.82. The number of nitrogens with zero attached hydrogens (tertiary/aromatic N) is 5. The van der Waals surface area contributed by atoms with E-state index in [0.29, 0.717) is 41.8 Å². The molecule has 3 heterocycles. The normalized spacial score (nSPS) is 19.1. The van der Waals surface area contributed by atoms with E-state index in [1.165, 1.54) is 6.07 Å². The fourth-order valence-electron chi connectivity index (χ4n) is 3.46. The Bertz CT molecular complexity index is 991. The smallest absolute Gasteiger partial charge is 0.295 e. The Labute approximate surface area is 161 Å². The summed E-state index contributed by atoms with van der Waals surface area (Å²) in [5.74, 6) is 1.64. The summed E-state index contributed by atoms with van der Waals surface area (Å²) in [4.78, 5) is 22.1. The molecule has 2 aromatic heterocycles. The number of ether oxygens (including phenoxy) is 1. The molecule has 0 radical (unpaired) electrons. The van der Waals surface area contributed by atoms with E-state index in [-0.39, 0.29) is 17.8 Å². The molecule has 0 spiro atoms. The van der Waals surface area contributed by atoms with Crippen LogP contribution in [0.2, 0.25) is 0 Å². The van der Waals surface area contributed by atoms with Crippen molar-refractivity contribution >= 4 is 11.5 Å². The van der Waals surface area contributed by atoms with E-state index in [2.05, 4.69) is 15.1 Å². The standard InChI is InChI=1S/C19H19N5O4/c1-12-20-19(28-22-12)16-10-14(27-2)11-23(16)17-9-8-15(24(25)26)18(21-17)13-6-4-3-5-7-13/h3-9,14,16H,10-11H2,1-2H3. The van der Waals surface area contributed by atoms with Gasteiger partial charge in [0.25, 0.3) is 5.69 Å². The first-order valence-corrected chi connectivity index (χ1v) is 8.87. The second kappa shape index (κ2) is 7.35. The summed E-state index contributed by atoms with van der Waals surface area (Å²) in [7, 11) is 1.66. The Morgan fingerprint density at radius 1 is 1.21 bits per heavy atom. The molecule has 4 rings (SSSR count). The molecule has 144 valence electrons. The number of methoxy groups -OCH3 is 1. The summed E-state index contributed by atoms with van der Waals surface area (Å²) in [5, 5.41) is 15.4. The van der Waals surface area contributed by atoms with Gasteiger partial charge in [-0.3, -0.25) is 10.1 Å². The first kappa shape index (κ1) is 18.1. The molecular weight excluding hydrogens is 362 g/mol. The van der Waals surface area contributed by atoms with Gasteiger partial charge in [0, 0.05) is 31.7 Å². The summed E-state index contributed by atoms with van der Waals surface area (Å²) in [6.07, 6.45) is 0.631. The molecule has 1 aliphatic rings. The van der Waals surface area contributed by atoms with Crippen molar-refractivity contribution < 1.29 is 14.2 Å². The molecule has 2 atom stereocenters. The second-order valence-electron chi connectivity index (χ2n) is 6.60. The molecule has 0 N–H and O–H groups in total. The van der Waals surface area contributed by atoms with E-state index < -0.39 is 4.92 Å². The molecule has 1 fully saturated rings. The SMILES string of the molecule is COC1CC(c2nc(C)no2)N(c2ccc([N+](=O)[O-])c(-c3ccccc3)n2)C1. The van der Waals surface area contributed by atoms with E-state index in [9.17, 15) is 10.1 Å². The van der Waals surface area contributed by atoms with Gasteiger partial charge >= 0.3 is 0 Å². The molecule has 9 nitrogen and oxygen atoms in total. The second-order valence-corrected chi connectivity index (χ2v) is 6.60. The van der Waals surface area contributed by atoms with Crippen LogP contribution in [0.15, 0.2) is 47.0 Å². The molecule has 1 aliphatic heterocycles. The number of pyridine rings is 1. The number of hydrogen-bond donors (Lipinski definition) is 0. The van der Waals surface area contributed by atoms with E-state index >= 15 is 0 Å². The lowest BCUT2D eigenvalue weighted by Crippen LogP contribution is -2.26. The third kappa shape index (κ3) is 3.31. The summed E-state index contributed by atoms with van der Waals surface area (Å²) >= 11 is 0. The molecule has 0 aliphatic carbocycles. The van der Waals surface area contributed by atoms with Gasteiger partial charge in [-0.1, -0.05) is 35.5 Å². The van der Waals surface area contributed by atoms with Crippen molar-refractivity contribution in [1.82, 2.24) is 15.1 Å². The zero-order valence-corrected chi connectivity index (χ0v) is 15.5. The van der Waals surface area contributed by atoms with Crippen molar-refractivity contribution in [2.45, 2.75) is 25.5 Å². The molecule has 28 heavy (non-hydrogen) atoms. The number of benzene rings is 1. The summed E-state index contributed by atoms with van der Waals surface area (Å²) in [5.41, 5.74) is 0.968. The first-order valence-electron chi connectivity index (χ1n) is 8.87. The highest BCUT2D eigenvalue weighted by atomic mass is 16.6. The number of hydrogen-bond acceptors (Lipinski definition) is 8. The molecule has 2 unspecified atom stereocenters. The molecule has 9 heteroatoms. The highest BCUT2D eigenvalue weighted by Crippen LogP contribution is 2.38. The van der Waals surface area contributed by atoms with E-state index in [1.54, 1.807) is 32.2 Å². The van der Waals surface area contributed by atoms with E-state index in [1.807, 2.05) is 23.1 Å². The quantitative estimate of drug-likeness (QED) is 0.489. The van der Waals surface area contributed by atoms with E-state index in [0.717, 1.165) is 0 Å². The van der Waals surface area contributed by atoms with Crippen molar-refractivity contribution in [2.24, 2.45) is 0 Å². The maximum absolute atomic E-state index is 11.5. The third-order valence-electron chi connectivity index (χ3n) is 4.82. The average Bonchev–Trinajstić information content (AvgIpc) is 3.34. The van der Waals surface area contributed by atoms with Crippen molar-refractivity contribution in [3.05, 3.63) is 64.3 Å². The summed E-state index contributed by atoms with van der Waals surface area (Å²) in [6.45, 7) is 2.33. The molecule has 0 amide bonds. The van der Waals surface area contributed by atoms with Crippen LogP contribution in [-0.2, 0) is 4.74 Å². The topological polar surface area (TPSA) is 107 Å². The van der Waals surface area contributed by atoms with Crippen LogP contribution >= 0.6 is 0 Å². The van der Waals surface area contributed by atoms with Crippen LogP contribution in [0.5, 0.6) is 0 Å². The van der Waals surface area contributed by atoms with Crippen molar-refractivity contribution in [3.63, 3.8) is 0 Å².